The van der Waals surface area contributed by atoms with Crippen LogP contribution in [-0.2, 0) is 20.8 Å². The fourth-order valence-electron chi connectivity index (χ4n) is 5.34. The van der Waals surface area contributed by atoms with Crippen LogP contribution in [0.25, 0.3) is 10.9 Å². The van der Waals surface area contributed by atoms with Gasteiger partial charge in [0, 0.05) is 48.2 Å². The lowest BCUT2D eigenvalue weighted by atomic mass is 9.94. The van der Waals surface area contributed by atoms with Crippen LogP contribution in [-0.4, -0.2) is 56.3 Å². The minimum atomic E-state index is -0.831. The molecule has 0 radical (unpaired) electrons. The van der Waals surface area contributed by atoms with Crippen molar-refractivity contribution in [3.63, 3.8) is 0 Å². The molecule has 1 aliphatic rings. The summed E-state index contributed by atoms with van der Waals surface area (Å²) in [5, 5.41) is 6.83. The molecule has 3 N–H and O–H groups in total. The highest BCUT2D eigenvalue weighted by molar-refractivity contribution is 5.98. The number of anilines is 1. The Morgan fingerprint density at radius 1 is 1.02 bits per heavy atom. The van der Waals surface area contributed by atoms with Crippen LogP contribution < -0.4 is 10.6 Å². The molecule has 1 saturated heterocycles. The molecule has 0 saturated carbocycles. The van der Waals surface area contributed by atoms with Gasteiger partial charge in [-0.05, 0) is 36.0 Å². The van der Waals surface area contributed by atoms with Crippen molar-refractivity contribution in [3.05, 3.63) is 84.4 Å². The highest BCUT2D eigenvalue weighted by Crippen LogP contribution is 2.26. The van der Waals surface area contributed by atoms with Crippen LogP contribution in [0.15, 0.2) is 73.3 Å². The molecule has 3 heterocycles. The van der Waals surface area contributed by atoms with Crippen molar-refractivity contribution in [1.29, 1.82) is 0 Å². The number of aromatic nitrogens is 3. The Kier molecular flexibility index (Phi) is 8.47. The number of benzene rings is 2. The van der Waals surface area contributed by atoms with Gasteiger partial charge >= 0.3 is 0 Å². The molecule has 2 aromatic carbocycles. The number of imidazole rings is 1. The van der Waals surface area contributed by atoms with Gasteiger partial charge in [-0.3, -0.25) is 14.4 Å². The number of amides is 3. The molecule has 2 unspecified atom stereocenters. The Bertz CT molecular complexity index is 1540. The Hall–Kier alpha value is -4.40. The van der Waals surface area contributed by atoms with Crippen molar-refractivity contribution >= 4 is 34.4 Å². The maximum Gasteiger partial charge on any atom is 0.250 e. The summed E-state index contributed by atoms with van der Waals surface area (Å²) in [5.74, 6) is 0.331. The molecule has 0 aliphatic carbocycles. The maximum absolute atomic E-state index is 13.8. The number of nitrogens with zero attached hydrogens (tertiary/aromatic N) is 3. The Labute approximate surface area is 246 Å². The Morgan fingerprint density at radius 2 is 1.71 bits per heavy atom. The van der Waals surface area contributed by atoms with Crippen LogP contribution in [0.2, 0.25) is 0 Å². The van der Waals surface area contributed by atoms with Crippen LogP contribution in [0.4, 0.5) is 5.82 Å². The van der Waals surface area contributed by atoms with Gasteiger partial charge in [0.05, 0.1) is 6.33 Å². The number of carbonyl (C=O) groups excluding carboxylic acids is 3. The minimum absolute atomic E-state index is 0.0121. The molecule has 5 rings (SSSR count). The first kappa shape index (κ1) is 29.1. The average molecular weight is 569 g/mol. The van der Waals surface area contributed by atoms with E-state index < -0.39 is 17.5 Å². The van der Waals surface area contributed by atoms with Gasteiger partial charge in [0.2, 0.25) is 17.7 Å². The quantitative estimate of drug-likeness (QED) is 0.280. The monoisotopic (exact) mass is 568 g/mol. The van der Waals surface area contributed by atoms with E-state index >= 15 is 0 Å². The molecule has 0 spiro atoms. The summed E-state index contributed by atoms with van der Waals surface area (Å²) in [6.45, 7) is 9.11. The van der Waals surface area contributed by atoms with Gasteiger partial charge in [0.1, 0.15) is 12.1 Å². The zero-order chi connectivity index (χ0) is 29.9. The summed E-state index contributed by atoms with van der Waals surface area (Å²) < 4.78 is 1.76. The number of hydrogen-bond acceptors (Lipinski definition) is 4. The summed E-state index contributed by atoms with van der Waals surface area (Å²) in [6.07, 6.45) is 7.42. The number of fused-ring (bicyclic) bond motifs is 1. The molecule has 0 bridgehead atoms. The van der Waals surface area contributed by atoms with Gasteiger partial charge in [-0.15, -0.1) is 0 Å². The van der Waals surface area contributed by atoms with Crippen molar-refractivity contribution in [3.8, 4) is 0 Å². The van der Waals surface area contributed by atoms with Crippen molar-refractivity contribution < 1.29 is 14.4 Å². The number of likely N-dealkylation sites (tertiary alicyclic amines) is 1. The zero-order valence-electron chi connectivity index (χ0n) is 24.8. The largest absolute Gasteiger partial charge is 0.361 e. The minimum Gasteiger partial charge on any atom is -0.361 e. The van der Waals surface area contributed by atoms with E-state index in [2.05, 4.69) is 27.5 Å². The fourth-order valence-corrected chi connectivity index (χ4v) is 5.34. The standard InChI is InChI=1S/C33H40N6O3/c1-22-14-16-38(17-15-22)31(41)29(23-10-6-5-7-11-23)39-20-28(35-21-39)37-30(40)27(36-32(42)33(2,3)4)18-24-19-34-26-13-9-8-12-25(24)26/h5-13,19-22,27,29,34H,14-18H2,1-4H3,(H,36,42)(H,37,40). The number of piperidine rings is 1. The molecular weight excluding hydrogens is 528 g/mol. The number of hydrogen-bond donors (Lipinski definition) is 3. The topological polar surface area (TPSA) is 112 Å². The van der Waals surface area contributed by atoms with Crippen molar-refractivity contribution in [2.24, 2.45) is 11.3 Å². The predicted octanol–water partition coefficient (Wildman–Crippen LogP) is 4.92. The fraction of sp³-hybridized carbons (Fsp3) is 0.394. The summed E-state index contributed by atoms with van der Waals surface area (Å²) in [6, 6.07) is 16.1. The molecule has 42 heavy (non-hydrogen) atoms. The smallest absolute Gasteiger partial charge is 0.250 e. The second kappa shape index (κ2) is 12.2. The van der Waals surface area contributed by atoms with Crippen molar-refractivity contribution in [1.82, 2.24) is 24.8 Å². The summed E-state index contributed by atoms with van der Waals surface area (Å²) in [7, 11) is 0. The van der Waals surface area contributed by atoms with E-state index in [4.69, 9.17) is 0 Å². The van der Waals surface area contributed by atoms with Crippen LogP contribution in [0.1, 0.15) is 57.7 Å². The molecule has 4 aromatic rings. The Morgan fingerprint density at radius 3 is 2.43 bits per heavy atom. The average Bonchev–Trinajstić information content (AvgIpc) is 3.60. The van der Waals surface area contributed by atoms with E-state index in [1.165, 1.54) is 0 Å². The second-order valence-corrected chi connectivity index (χ2v) is 12.4. The number of carbonyl (C=O) groups is 3. The molecule has 220 valence electrons. The first-order chi connectivity index (χ1) is 20.1. The second-order valence-electron chi connectivity index (χ2n) is 12.4. The third kappa shape index (κ3) is 6.56. The summed E-state index contributed by atoms with van der Waals surface area (Å²) in [4.78, 5) is 50.0. The Balaban J connectivity index is 1.38. The first-order valence-corrected chi connectivity index (χ1v) is 14.6. The van der Waals surface area contributed by atoms with Gasteiger partial charge in [0.25, 0.3) is 0 Å². The van der Waals surface area contributed by atoms with E-state index in [1.807, 2.05) is 86.5 Å². The number of para-hydroxylation sites is 1. The molecular formula is C33H40N6O3. The van der Waals surface area contributed by atoms with Crippen molar-refractivity contribution in [2.45, 2.75) is 59.0 Å². The lowest BCUT2D eigenvalue weighted by Gasteiger charge is -2.33. The zero-order valence-corrected chi connectivity index (χ0v) is 24.8. The number of H-pyrrole nitrogens is 1. The molecule has 1 fully saturated rings. The highest BCUT2D eigenvalue weighted by atomic mass is 16.2. The first-order valence-electron chi connectivity index (χ1n) is 14.6. The molecule has 3 amide bonds. The van der Waals surface area contributed by atoms with E-state index in [0.29, 0.717) is 18.2 Å². The molecule has 9 heteroatoms. The van der Waals surface area contributed by atoms with E-state index in [1.54, 1.807) is 17.1 Å². The van der Waals surface area contributed by atoms with Gasteiger partial charge in [-0.1, -0.05) is 76.2 Å². The lowest BCUT2D eigenvalue weighted by Crippen LogP contribution is -2.49. The SMILES string of the molecule is CC1CCN(C(=O)C(c2ccccc2)n2cnc(NC(=O)C(Cc3c[nH]c4ccccc34)NC(=O)C(C)(C)C)c2)CC1. The maximum atomic E-state index is 13.8. The van der Waals surface area contributed by atoms with E-state index in [-0.39, 0.29) is 17.7 Å². The number of rotatable bonds is 8. The molecule has 2 aromatic heterocycles. The van der Waals surface area contributed by atoms with E-state index in [9.17, 15) is 14.4 Å². The van der Waals surface area contributed by atoms with Gasteiger partial charge in [-0.2, -0.15) is 0 Å². The predicted molar refractivity (Wildman–Crippen MR) is 164 cm³/mol. The van der Waals surface area contributed by atoms with E-state index in [0.717, 1.165) is 48.0 Å². The molecule has 1 aliphatic heterocycles. The van der Waals surface area contributed by atoms with Crippen LogP contribution in [0, 0.1) is 11.3 Å². The van der Waals surface area contributed by atoms with Crippen LogP contribution in [0.5, 0.6) is 0 Å². The lowest BCUT2D eigenvalue weighted by molar-refractivity contribution is -0.135. The van der Waals surface area contributed by atoms with Crippen LogP contribution >= 0.6 is 0 Å². The van der Waals surface area contributed by atoms with Gasteiger partial charge in [0.15, 0.2) is 5.82 Å². The van der Waals surface area contributed by atoms with Gasteiger partial charge < -0.3 is 25.1 Å². The van der Waals surface area contributed by atoms with Crippen LogP contribution in [0.3, 0.4) is 0 Å². The van der Waals surface area contributed by atoms with Gasteiger partial charge in [-0.25, -0.2) is 4.98 Å². The third-order valence-corrected chi connectivity index (χ3v) is 8.00. The third-order valence-electron chi connectivity index (χ3n) is 8.00. The number of aromatic amines is 1. The highest BCUT2D eigenvalue weighted by Gasteiger charge is 2.31. The molecule has 9 nitrogen and oxygen atoms in total. The summed E-state index contributed by atoms with van der Waals surface area (Å²) in [5.41, 5.74) is 2.07. The summed E-state index contributed by atoms with van der Waals surface area (Å²) >= 11 is 0. The normalized spacial score (nSPS) is 15.8. The number of nitrogens with one attached hydrogen (secondary N) is 3. The van der Waals surface area contributed by atoms with Crippen molar-refractivity contribution in [2.75, 3.05) is 18.4 Å². The molecule has 2 atom stereocenters.